The number of fused-ring (bicyclic) bond motifs is 1. The average Bonchev–Trinajstić information content (AvgIpc) is 3.05. The van der Waals surface area contributed by atoms with Crippen LogP contribution in [0.3, 0.4) is 0 Å². The van der Waals surface area contributed by atoms with E-state index in [1.165, 1.54) is 12.1 Å². The number of aromatic nitrogens is 2. The Labute approximate surface area is 143 Å². The van der Waals surface area contributed by atoms with Crippen LogP contribution in [0.5, 0.6) is 5.75 Å². The van der Waals surface area contributed by atoms with Crippen molar-refractivity contribution in [2.24, 2.45) is 0 Å². The molecule has 4 rings (SSSR count). The third kappa shape index (κ3) is 2.75. The number of hydrogen-bond acceptors (Lipinski definition) is 3. The van der Waals surface area contributed by atoms with Gasteiger partial charge >= 0.3 is 0 Å². The van der Waals surface area contributed by atoms with Crippen molar-refractivity contribution < 1.29 is 14.6 Å². The number of benzene rings is 3. The lowest BCUT2D eigenvalue weighted by Crippen LogP contribution is -1.96. The second kappa shape index (κ2) is 6.03. The molecule has 5 heteroatoms. The van der Waals surface area contributed by atoms with Crippen LogP contribution in [0.1, 0.15) is 5.56 Å². The minimum Gasteiger partial charge on any atom is -0.505 e. The molecule has 0 aliphatic heterocycles. The van der Waals surface area contributed by atoms with Crippen molar-refractivity contribution in [1.29, 1.82) is 0 Å². The Bertz CT molecular complexity index is 1060. The summed E-state index contributed by atoms with van der Waals surface area (Å²) < 4.78 is 15.1. The van der Waals surface area contributed by atoms with Gasteiger partial charge in [-0.1, -0.05) is 30.3 Å². The van der Waals surface area contributed by atoms with E-state index in [1.807, 2.05) is 48.5 Å². The molecule has 1 aromatic heterocycles. The molecule has 4 aromatic rings. The SMILES string of the molecule is OCc1cccc(-c2ccc(-n3ncc4cc(F)c(O)cc43)cc2)c1. The Balaban J connectivity index is 1.74. The number of rotatable bonds is 3. The highest BCUT2D eigenvalue weighted by atomic mass is 19.1. The van der Waals surface area contributed by atoms with Crippen molar-refractivity contribution in [3.8, 4) is 22.6 Å². The molecule has 0 fully saturated rings. The summed E-state index contributed by atoms with van der Waals surface area (Å²) in [6, 6.07) is 18.1. The maximum atomic E-state index is 13.5. The molecular formula is C20H15FN2O2. The molecule has 0 saturated carbocycles. The van der Waals surface area contributed by atoms with Crippen molar-refractivity contribution in [2.75, 3.05) is 0 Å². The normalized spacial score (nSPS) is 11.1. The van der Waals surface area contributed by atoms with Crippen LogP contribution in [0.4, 0.5) is 4.39 Å². The van der Waals surface area contributed by atoms with Crippen molar-refractivity contribution >= 4 is 10.9 Å². The fourth-order valence-electron chi connectivity index (χ4n) is 2.89. The molecule has 3 aromatic carbocycles. The van der Waals surface area contributed by atoms with Crippen molar-refractivity contribution in [3.63, 3.8) is 0 Å². The zero-order valence-electron chi connectivity index (χ0n) is 13.2. The van der Waals surface area contributed by atoms with Crippen molar-refractivity contribution in [2.45, 2.75) is 6.61 Å². The Morgan fingerprint density at radius 3 is 2.52 bits per heavy atom. The second-order valence-electron chi connectivity index (χ2n) is 5.82. The summed E-state index contributed by atoms with van der Waals surface area (Å²) in [5, 5.41) is 23.8. The van der Waals surface area contributed by atoms with Gasteiger partial charge in [-0.05, 0) is 41.0 Å². The van der Waals surface area contributed by atoms with E-state index in [0.29, 0.717) is 10.9 Å². The molecule has 1 heterocycles. The summed E-state index contributed by atoms with van der Waals surface area (Å²) in [5.41, 5.74) is 4.33. The molecule has 124 valence electrons. The molecule has 0 atom stereocenters. The first-order chi connectivity index (χ1) is 12.2. The molecule has 0 aliphatic rings. The van der Waals surface area contributed by atoms with E-state index < -0.39 is 11.6 Å². The highest BCUT2D eigenvalue weighted by molar-refractivity contribution is 5.82. The zero-order chi connectivity index (χ0) is 17.4. The fraction of sp³-hybridized carbons (Fsp3) is 0.0500. The molecule has 0 amide bonds. The zero-order valence-corrected chi connectivity index (χ0v) is 13.2. The molecule has 0 aliphatic carbocycles. The highest BCUT2D eigenvalue weighted by Gasteiger charge is 2.10. The number of phenolic OH excluding ortho intramolecular Hbond substituents is 1. The Morgan fingerprint density at radius 2 is 1.76 bits per heavy atom. The average molecular weight is 334 g/mol. The van der Waals surface area contributed by atoms with Gasteiger partial charge in [0.25, 0.3) is 0 Å². The number of halogens is 1. The van der Waals surface area contributed by atoms with Gasteiger partial charge in [0.05, 0.1) is 24.0 Å². The molecule has 2 N–H and O–H groups in total. The number of aromatic hydroxyl groups is 1. The largest absolute Gasteiger partial charge is 0.505 e. The molecule has 0 spiro atoms. The Kier molecular flexibility index (Phi) is 3.71. The summed E-state index contributed by atoms with van der Waals surface area (Å²) in [6.45, 7) is 0.00521. The summed E-state index contributed by atoms with van der Waals surface area (Å²) in [4.78, 5) is 0. The van der Waals surface area contributed by atoms with Crippen LogP contribution in [0.25, 0.3) is 27.7 Å². The monoisotopic (exact) mass is 334 g/mol. The maximum Gasteiger partial charge on any atom is 0.165 e. The summed E-state index contributed by atoms with van der Waals surface area (Å²) in [5.74, 6) is -1.06. The Hall–Kier alpha value is -3.18. The molecule has 0 bridgehead atoms. The maximum absolute atomic E-state index is 13.5. The fourth-order valence-corrected chi connectivity index (χ4v) is 2.89. The highest BCUT2D eigenvalue weighted by Crippen LogP contribution is 2.27. The van der Waals surface area contributed by atoms with E-state index in [1.54, 1.807) is 10.9 Å². The van der Waals surface area contributed by atoms with Gasteiger partial charge in [-0.25, -0.2) is 9.07 Å². The van der Waals surface area contributed by atoms with Gasteiger partial charge in [0.2, 0.25) is 0 Å². The van der Waals surface area contributed by atoms with Crippen LogP contribution in [0, 0.1) is 5.82 Å². The lowest BCUT2D eigenvalue weighted by molar-refractivity contribution is 0.282. The molecule has 0 unspecified atom stereocenters. The van der Waals surface area contributed by atoms with Crippen molar-refractivity contribution in [1.82, 2.24) is 9.78 Å². The molecular weight excluding hydrogens is 319 g/mol. The quantitative estimate of drug-likeness (QED) is 0.595. The first kappa shape index (κ1) is 15.4. The predicted molar refractivity (Wildman–Crippen MR) is 94.1 cm³/mol. The van der Waals surface area contributed by atoms with E-state index in [0.717, 1.165) is 22.4 Å². The number of aliphatic hydroxyl groups is 1. The minimum atomic E-state index is -0.661. The number of hydrogen-bond donors (Lipinski definition) is 2. The predicted octanol–water partition coefficient (Wildman–Crippen LogP) is 4.03. The lowest BCUT2D eigenvalue weighted by atomic mass is 10.0. The van der Waals surface area contributed by atoms with Gasteiger partial charge in [-0.2, -0.15) is 5.10 Å². The molecule has 0 saturated heterocycles. The summed E-state index contributed by atoms with van der Waals surface area (Å²) in [7, 11) is 0. The van der Waals surface area contributed by atoms with Crippen LogP contribution < -0.4 is 0 Å². The van der Waals surface area contributed by atoms with Crippen molar-refractivity contribution in [3.05, 3.63) is 78.2 Å². The van der Waals surface area contributed by atoms with Gasteiger partial charge in [0.15, 0.2) is 11.6 Å². The van der Waals surface area contributed by atoms with E-state index in [9.17, 15) is 14.6 Å². The number of aliphatic hydroxyl groups excluding tert-OH is 1. The van der Waals surface area contributed by atoms with Crippen LogP contribution in [0.15, 0.2) is 66.9 Å². The van der Waals surface area contributed by atoms with Crippen LogP contribution in [0.2, 0.25) is 0 Å². The number of nitrogens with zero attached hydrogens (tertiary/aromatic N) is 2. The third-order valence-electron chi connectivity index (χ3n) is 4.19. The standard InChI is InChI=1S/C20H15FN2O2/c21-18-9-16-11-22-23(19(16)10-20(18)25)17-6-4-14(5-7-17)15-3-1-2-13(8-15)12-24/h1-11,24-25H,12H2. The van der Waals surface area contributed by atoms with Gasteiger partial charge in [0, 0.05) is 11.5 Å². The smallest absolute Gasteiger partial charge is 0.165 e. The number of phenols is 1. The van der Waals surface area contributed by atoms with Crippen LogP contribution in [-0.2, 0) is 6.61 Å². The lowest BCUT2D eigenvalue weighted by Gasteiger charge is -2.07. The van der Waals surface area contributed by atoms with E-state index in [4.69, 9.17) is 0 Å². The molecule has 4 nitrogen and oxygen atoms in total. The summed E-state index contributed by atoms with van der Waals surface area (Å²) >= 11 is 0. The Morgan fingerprint density at radius 1 is 0.960 bits per heavy atom. The van der Waals surface area contributed by atoms with E-state index in [2.05, 4.69) is 5.10 Å². The third-order valence-corrected chi connectivity index (χ3v) is 4.19. The second-order valence-corrected chi connectivity index (χ2v) is 5.82. The molecule has 25 heavy (non-hydrogen) atoms. The van der Waals surface area contributed by atoms with E-state index in [-0.39, 0.29) is 6.61 Å². The molecule has 0 radical (unpaired) electrons. The minimum absolute atomic E-state index is 0.00521. The van der Waals surface area contributed by atoms with Gasteiger partial charge in [-0.3, -0.25) is 0 Å². The topological polar surface area (TPSA) is 58.3 Å². The first-order valence-corrected chi connectivity index (χ1v) is 7.82. The van der Waals surface area contributed by atoms with Gasteiger partial charge in [0.1, 0.15) is 0 Å². The first-order valence-electron chi connectivity index (χ1n) is 7.82. The van der Waals surface area contributed by atoms with E-state index >= 15 is 0 Å². The van der Waals surface area contributed by atoms with Crippen LogP contribution in [-0.4, -0.2) is 20.0 Å². The van der Waals surface area contributed by atoms with Gasteiger partial charge in [-0.15, -0.1) is 0 Å². The summed E-state index contributed by atoms with van der Waals surface area (Å²) in [6.07, 6.45) is 1.57. The van der Waals surface area contributed by atoms with Gasteiger partial charge < -0.3 is 10.2 Å². The van der Waals surface area contributed by atoms with Crippen LogP contribution >= 0.6 is 0 Å².